The summed E-state index contributed by atoms with van der Waals surface area (Å²) in [6, 6.07) is 20.5. The molecule has 4 rings (SSSR count). The molecule has 1 aliphatic heterocycles. The number of methoxy groups -OCH3 is 2. The van der Waals surface area contributed by atoms with Crippen molar-refractivity contribution in [3.05, 3.63) is 95.1 Å². The minimum absolute atomic E-state index is 0.0281. The zero-order chi connectivity index (χ0) is 22.8. The van der Waals surface area contributed by atoms with Crippen molar-refractivity contribution in [2.24, 2.45) is 0 Å². The van der Waals surface area contributed by atoms with E-state index in [2.05, 4.69) is 0 Å². The van der Waals surface area contributed by atoms with Crippen LogP contribution in [0, 0.1) is 6.92 Å². The maximum Gasteiger partial charge on any atom is 0.300 e. The third-order valence-corrected chi connectivity index (χ3v) is 5.59. The molecule has 1 N–H and O–H groups in total. The Morgan fingerprint density at radius 3 is 2.25 bits per heavy atom. The molecule has 0 bridgehead atoms. The van der Waals surface area contributed by atoms with Crippen molar-refractivity contribution in [3.8, 4) is 11.5 Å². The van der Waals surface area contributed by atoms with Gasteiger partial charge in [0.05, 0.1) is 31.5 Å². The van der Waals surface area contributed by atoms with Gasteiger partial charge >= 0.3 is 0 Å². The molecule has 0 radical (unpaired) electrons. The molecule has 1 unspecified atom stereocenters. The number of carbonyl (C=O) groups is 2. The highest BCUT2D eigenvalue weighted by molar-refractivity contribution is 6.52. The molecule has 3 aromatic carbocycles. The Kier molecular flexibility index (Phi) is 5.69. The number of Topliss-reactive ketones (excluding diaryl/α,β-unsaturated/α-hetero) is 1. The van der Waals surface area contributed by atoms with Crippen LogP contribution < -0.4 is 14.4 Å². The molecule has 162 valence electrons. The topological polar surface area (TPSA) is 76.1 Å². The molecule has 1 atom stereocenters. The summed E-state index contributed by atoms with van der Waals surface area (Å²) in [5.41, 5.74) is 2.36. The highest BCUT2D eigenvalue weighted by atomic mass is 16.5. The highest BCUT2D eigenvalue weighted by Crippen LogP contribution is 2.45. The van der Waals surface area contributed by atoms with Gasteiger partial charge in [-0.25, -0.2) is 0 Å². The minimum atomic E-state index is -0.811. The van der Waals surface area contributed by atoms with E-state index in [1.165, 1.54) is 12.0 Å². The molecule has 1 amide bonds. The van der Waals surface area contributed by atoms with Gasteiger partial charge in [-0.2, -0.15) is 0 Å². The fourth-order valence-electron chi connectivity index (χ4n) is 4.03. The van der Waals surface area contributed by atoms with Crippen molar-refractivity contribution >= 4 is 23.1 Å². The number of aryl methyl sites for hydroxylation is 1. The van der Waals surface area contributed by atoms with Gasteiger partial charge in [0.15, 0.2) is 0 Å². The monoisotopic (exact) mass is 429 g/mol. The quantitative estimate of drug-likeness (QED) is 0.363. The smallest absolute Gasteiger partial charge is 0.300 e. The van der Waals surface area contributed by atoms with E-state index in [9.17, 15) is 14.7 Å². The third-order valence-electron chi connectivity index (χ3n) is 5.59. The van der Waals surface area contributed by atoms with Gasteiger partial charge in [-0.3, -0.25) is 14.5 Å². The van der Waals surface area contributed by atoms with Crippen molar-refractivity contribution in [2.75, 3.05) is 19.1 Å². The Morgan fingerprint density at radius 1 is 0.906 bits per heavy atom. The maximum atomic E-state index is 13.2. The summed E-state index contributed by atoms with van der Waals surface area (Å²) in [5.74, 6) is -0.618. The lowest BCUT2D eigenvalue weighted by atomic mass is 9.93. The number of hydrogen-bond acceptors (Lipinski definition) is 5. The molecule has 32 heavy (non-hydrogen) atoms. The molecule has 6 nitrogen and oxygen atoms in total. The number of rotatable bonds is 5. The van der Waals surface area contributed by atoms with Gasteiger partial charge in [0.2, 0.25) is 0 Å². The first-order valence-corrected chi connectivity index (χ1v) is 10.1. The van der Waals surface area contributed by atoms with Crippen LogP contribution in [0.15, 0.2) is 78.4 Å². The van der Waals surface area contributed by atoms with Gasteiger partial charge in [0.1, 0.15) is 17.3 Å². The Morgan fingerprint density at radius 2 is 1.59 bits per heavy atom. The SMILES string of the molecule is COc1ccc(/C(O)=C2/C(=O)C(=O)N(c3ccccc3OC)C2c2ccccc2)c(C)c1. The number of ketones is 1. The summed E-state index contributed by atoms with van der Waals surface area (Å²) < 4.78 is 10.7. The molecule has 0 aromatic heterocycles. The fourth-order valence-corrected chi connectivity index (χ4v) is 4.03. The van der Waals surface area contributed by atoms with Gasteiger partial charge in [-0.05, 0) is 48.4 Å². The van der Waals surface area contributed by atoms with Crippen LogP contribution in [0.4, 0.5) is 5.69 Å². The van der Waals surface area contributed by atoms with E-state index in [-0.39, 0.29) is 11.3 Å². The number of para-hydroxylation sites is 2. The van der Waals surface area contributed by atoms with E-state index < -0.39 is 17.7 Å². The Bertz CT molecular complexity index is 1220. The zero-order valence-corrected chi connectivity index (χ0v) is 18.0. The Hall–Kier alpha value is -4.06. The van der Waals surface area contributed by atoms with E-state index >= 15 is 0 Å². The Balaban J connectivity index is 1.97. The second-order valence-corrected chi connectivity index (χ2v) is 7.43. The van der Waals surface area contributed by atoms with Crippen molar-refractivity contribution in [1.29, 1.82) is 0 Å². The fraction of sp³-hybridized carbons (Fsp3) is 0.154. The Labute approximate surface area is 186 Å². The van der Waals surface area contributed by atoms with Gasteiger partial charge in [0.25, 0.3) is 11.7 Å². The van der Waals surface area contributed by atoms with Crippen LogP contribution in [0.1, 0.15) is 22.7 Å². The van der Waals surface area contributed by atoms with Crippen LogP contribution in [-0.4, -0.2) is 31.0 Å². The van der Waals surface area contributed by atoms with Crippen LogP contribution in [-0.2, 0) is 9.59 Å². The number of ether oxygens (including phenoxy) is 2. The average Bonchev–Trinajstić information content (AvgIpc) is 3.09. The lowest BCUT2D eigenvalue weighted by Gasteiger charge is -2.26. The molecule has 0 spiro atoms. The van der Waals surface area contributed by atoms with E-state index in [1.807, 2.05) is 37.3 Å². The summed E-state index contributed by atoms with van der Waals surface area (Å²) in [6.07, 6.45) is 0. The van der Waals surface area contributed by atoms with Crippen LogP contribution in [0.2, 0.25) is 0 Å². The standard InChI is InChI=1S/C26H23NO5/c1-16-15-18(31-2)13-14-19(16)24(28)22-23(17-9-5-4-6-10-17)27(26(30)25(22)29)20-11-7-8-12-21(20)32-3/h4-15,23,28H,1-3H3/b24-22-. The third kappa shape index (κ3) is 3.50. The number of anilines is 1. The van der Waals surface area contributed by atoms with Crippen LogP contribution in [0.5, 0.6) is 11.5 Å². The summed E-state index contributed by atoms with van der Waals surface area (Å²) in [5, 5.41) is 11.3. The van der Waals surface area contributed by atoms with Crippen molar-refractivity contribution in [3.63, 3.8) is 0 Å². The molecular formula is C26H23NO5. The molecule has 6 heteroatoms. The first-order chi connectivity index (χ1) is 15.5. The molecule has 0 saturated carbocycles. The lowest BCUT2D eigenvalue weighted by molar-refractivity contribution is -0.132. The number of carbonyl (C=O) groups excluding carboxylic acids is 2. The van der Waals surface area contributed by atoms with E-state index in [0.717, 1.165) is 5.56 Å². The first kappa shape index (κ1) is 21.2. The van der Waals surface area contributed by atoms with Gasteiger partial charge in [0, 0.05) is 5.56 Å². The van der Waals surface area contributed by atoms with E-state index in [0.29, 0.717) is 28.3 Å². The number of nitrogens with zero attached hydrogens (tertiary/aromatic N) is 1. The van der Waals surface area contributed by atoms with Crippen molar-refractivity contribution in [1.82, 2.24) is 0 Å². The van der Waals surface area contributed by atoms with E-state index in [1.54, 1.807) is 49.6 Å². The van der Waals surface area contributed by atoms with Gasteiger partial charge in [-0.1, -0.05) is 42.5 Å². The van der Waals surface area contributed by atoms with Crippen molar-refractivity contribution < 1.29 is 24.2 Å². The van der Waals surface area contributed by atoms with E-state index in [4.69, 9.17) is 9.47 Å². The highest BCUT2D eigenvalue weighted by Gasteiger charge is 2.47. The maximum absolute atomic E-state index is 13.2. The number of benzene rings is 3. The first-order valence-electron chi connectivity index (χ1n) is 10.1. The number of amides is 1. The second-order valence-electron chi connectivity index (χ2n) is 7.43. The molecular weight excluding hydrogens is 406 g/mol. The number of aliphatic hydroxyl groups is 1. The summed E-state index contributed by atoms with van der Waals surface area (Å²) >= 11 is 0. The average molecular weight is 429 g/mol. The normalized spacial score (nSPS) is 17.5. The predicted molar refractivity (Wildman–Crippen MR) is 122 cm³/mol. The molecule has 3 aromatic rings. The minimum Gasteiger partial charge on any atom is -0.507 e. The molecule has 1 aliphatic rings. The second kappa shape index (κ2) is 8.59. The van der Waals surface area contributed by atoms with Crippen LogP contribution >= 0.6 is 0 Å². The number of hydrogen-bond donors (Lipinski definition) is 1. The van der Waals surface area contributed by atoms with Crippen LogP contribution in [0.25, 0.3) is 5.76 Å². The molecule has 1 saturated heterocycles. The molecule has 1 heterocycles. The number of aliphatic hydroxyl groups excluding tert-OH is 1. The van der Waals surface area contributed by atoms with Crippen LogP contribution in [0.3, 0.4) is 0 Å². The molecule has 0 aliphatic carbocycles. The zero-order valence-electron chi connectivity index (χ0n) is 18.0. The lowest BCUT2D eigenvalue weighted by Crippen LogP contribution is -2.29. The summed E-state index contributed by atoms with van der Waals surface area (Å²) in [6.45, 7) is 1.81. The predicted octanol–water partition coefficient (Wildman–Crippen LogP) is 4.64. The van der Waals surface area contributed by atoms with Gasteiger partial charge in [-0.15, -0.1) is 0 Å². The summed E-state index contributed by atoms with van der Waals surface area (Å²) in [4.78, 5) is 27.9. The largest absolute Gasteiger partial charge is 0.507 e. The van der Waals surface area contributed by atoms with Crippen molar-refractivity contribution in [2.45, 2.75) is 13.0 Å². The summed E-state index contributed by atoms with van der Waals surface area (Å²) in [7, 11) is 3.07. The van der Waals surface area contributed by atoms with Gasteiger partial charge < -0.3 is 14.6 Å². The molecule has 1 fully saturated rings.